The lowest BCUT2D eigenvalue weighted by molar-refractivity contribution is 0.0935. The molecule has 0 bridgehead atoms. The standard InChI is InChI=1S/C18H17NO/c1-9-7-13-14(17(19)10(9)2)8-15-16(13)11-5-3-4-6-12(11)18(15)20/h3-7,15-16H,8,19H2,1-2H3. The number of aryl methyl sites for hydroxylation is 1. The lowest BCUT2D eigenvalue weighted by atomic mass is 9.90. The van der Waals surface area contributed by atoms with Crippen LogP contribution in [-0.4, -0.2) is 5.78 Å². The summed E-state index contributed by atoms with van der Waals surface area (Å²) in [5.41, 5.74) is 14.1. The number of nitrogen functional groups attached to an aromatic ring is 1. The van der Waals surface area contributed by atoms with Gasteiger partial charge in [0.1, 0.15) is 0 Å². The molecule has 2 aromatic carbocycles. The Labute approximate surface area is 118 Å². The van der Waals surface area contributed by atoms with Gasteiger partial charge in [-0.05, 0) is 48.1 Å². The Morgan fingerprint density at radius 3 is 2.70 bits per heavy atom. The van der Waals surface area contributed by atoms with E-state index in [2.05, 4.69) is 26.0 Å². The third-order valence-electron chi connectivity index (χ3n) is 5.10. The molecule has 2 N–H and O–H groups in total. The fourth-order valence-electron chi connectivity index (χ4n) is 3.90. The molecule has 0 spiro atoms. The quantitative estimate of drug-likeness (QED) is 0.740. The highest BCUT2D eigenvalue weighted by Gasteiger charge is 2.46. The smallest absolute Gasteiger partial charge is 0.167 e. The van der Waals surface area contributed by atoms with E-state index in [4.69, 9.17) is 5.73 Å². The van der Waals surface area contributed by atoms with Crippen LogP contribution in [-0.2, 0) is 6.42 Å². The second kappa shape index (κ2) is 3.72. The van der Waals surface area contributed by atoms with E-state index in [1.807, 2.05) is 18.2 Å². The predicted octanol–water partition coefficient (Wildman–Crippen LogP) is 3.39. The van der Waals surface area contributed by atoms with Crippen LogP contribution in [0.25, 0.3) is 0 Å². The zero-order valence-electron chi connectivity index (χ0n) is 11.7. The molecule has 0 amide bonds. The Bertz CT molecular complexity index is 760. The van der Waals surface area contributed by atoms with Crippen LogP contribution >= 0.6 is 0 Å². The summed E-state index contributed by atoms with van der Waals surface area (Å²) in [5, 5.41) is 0. The first kappa shape index (κ1) is 11.7. The van der Waals surface area contributed by atoms with Crippen LogP contribution in [0.1, 0.15) is 44.1 Å². The van der Waals surface area contributed by atoms with Gasteiger partial charge in [0.2, 0.25) is 0 Å². The Kier molecular flexibility index (Phi) is 2.18. The average molecular weight is 263 g/mol. The molecule has 2 heteroatoms. The Balaban J connectivity index is 1.99. The number of nitrogens with two attached hydrogens (primary N) is 1. The number of fused-ring (bicyclic) bond motifs is 5. The summed E-state index contributed by atoms with van der Waals surface area (Å²) in [6.07, 6.45) is 0.792. The summed E-state index contributed by atoms with van der Waals surface area (Å²) < 4.78 is 0. The number of benzene rings is 2. The van der Waals surface area contributed by atoms with Crippen molar-refractivity contribution in [3.63, 3.8) is 0 Å². The van der Waals surface area contributed by atoms with Crippen LogP contribution in [0.3, 0.4) is 0 Å². The van der Waals surface area contributed by atoms with Crippen LogP contribution in [0.15, 0.2) is 30.3 Å². The molecule has 0 saturated carbocycles. The van der Waals surface area contributed by atoms with Gasteiger partial charge in [-0.2, -0.15) is 0 Å². The van der Waals surface area contributed by atoms with E-state index in [9.17, 15) is 4.79 Å². The van der Waals surface area contributed by atoms with Gasteiger partial charge in [-0.25, -0.2) is 0 Å². The Morgan fingerprint density at radius 2 is 1.90 bits per heavy atom. The fraction of sp³-hybridized carbons (Fsp3) is 0.278. The van der Waals surface area contributed by atoms with Crippen molar-refractivity contribution in [2.75, 3.05) is 5.73 Å². The van der Waals surface area contributed by atoms with Gasteiger partial charge >= 0.3 is 0 Å². The van der Waals surface area contributed by atoms with Gasteiger partial charge in [0.05, 0.1) is 0 Å². The van der Waals surface area contributed by atoms with Gasteiger partial charge in [-0.15, -0.1) is 0 Å². The van der Waals surface area contributed by atoms with Gasteiger partial charge in [0, 0.05) is 23.1 Å². The molecule has 2 atom stereocenters. The molecule has 0 saturated heterocycles. The molecule has 2 unspecified atom stereocenters. The molecule has 100 valence electrons. The maximum absolute atomic E-state index is 12.6. The van der Waals surface area contributed by atoms with Crippen molar-refractivity contribution in [1.82, 2.24) is 0 Å². The Hall–Kier alpha value is -2.09. The molecule has 4 rings (SSSR count). The molecule has 2 aliphatic rings. The number of ketones is 1. The monoisotopic (exact) mass is 263 g/mol. The normalized spacial score (nSPS) is 22.6. The molecule has 0 heterocycles. The molecule has 2 aromatic rings. The molecule has 20 heavy (non-hydrogen) atoms. The van der Waals surface area contributed by atoms with E-state index in [-0.39, 0.29) is 17.6 Å². The van der Waals surface area contributed by atoms with E-state index in [0.29, 0.717) is 0 Å². The number of anilines is 1. The van der Waals surface area contributed by atoms with E-state index >= 15 is 0 Å². The predicted molar refractivity (Wildman–Crippen MR) is 80.1 cm³/mol. The van der Waals surface area contributed by atoms with Gasteiger partial charge in [-0.1, -0.05) is 30.3 Å². The second-order valence-corrected chi connectivity index (χ2v) is 6.04. The third kappa shape index (κ3) is 1.26. The number of rotatable bonds is 0. The van der Waals surface area contributed by atoms with Gasteiger partial charge in [0.15, 0.2) is 5.78 Å². The second-order valence-electron chi connectivity index (χ2n) is 6.04. The highest BCUT2D eigenvalue weighted by atomic mass is 16.1. The molecular weight excluding hydrogens is 246 g/mol. The van der Waals surface area contributed by atoms with Crippen molar-refractivity contribution >= 4 is 11.5 Å². The molecule has 0 aliphatic heterocycles. The van der Waals surface area contributed by atoms with E-state index in [0.717, 1.165) is 23.2 Å². The first-order chi connectivity index (χ1) is 9.59. The van der Waals surface area contributed by atoms with Crippen molar-refractivity contribution in [3.05, 3.63) is 63.7 Å². The zero-order valence-corrected chi connectivity index (χ0v) is 11.7. The van der Waals surface area contributed by atoms with Gasteiger partial charge < -0.3 is 5.73 Å². The van der Waals surface area contributed by atoms with Crippen LogP contribution < -0.4 is 5.73 Å². The van der Waals surface area contributed by atoms with Crippen LogP contribution in [0.2, 0.25) is 0 Å². The van der Waals surface area contributed by atoms with Crippen molar-refractivity contribution in [1.29, 1.82) is 0 Å². The molecule has 2 aliphatic carbocycles. The maximum Gasteiger partial charge on any atom is 0.167 e. The molecular formula is C18H17NO. The third-order valence-corrected chi connectivity index (χ3v) is 5.10. The highest BCUT2D eigenvalue weighted by Crippen LogP contribution is 2.51. The number of carbonyl (C=O) groups is 1. The number of hydrogen-bond donors (Lipinski definition) is 1. The Morgan fingerprint density at radius 1 is 1.15 bits per heavy atom. The minimum atomic E-state index is 0.0610. The summed E-state index contributed by atoms with van der Waals surface area (Å²) in [7, 11) is 0. The zero-order chi connectivity index (χ0) is 14.0. The SMILES string of the molecule is Cc1cc2c(c(N)c1C)CC1C(=O)c3ccccc3C21. The number of carbonyl (C=O) groups excluding carboxylic acids is 1. The average Bonchev–Trinajstić information content (AvgIpc) is 2.95. The first-order valence-corrected chi connectivity index (χ1v) is 7.11. The molecule has 0 fully saturated rings. The fourth-order valence-corrected chi connectivity index (χ4v) is 3.90. The molecule has 2 nitrogen and oxygen atoms in total. The van der Waals surface area contributed by atoms with Crippen molar-refractivity contribution in [3.8, 4) is 0 Å². The van der Waals surface area contributed by atoms with Gasteiger partial charge in [0.25, 0.3) is 0 Å². The van der Waals surface area contributed by atoms with E-state index in [1.165, 1.54) is 22.3 Å². The summed E-state index contributed by atoms with van der Waals surface area (Å²) in [6, 6.07) is 10.3. The van der Waals surface area contributed by atoms with Crippen molar-refractivity contribution in [2.45, 2.75) is 26.2 Å². The number of hydrogen-bond acceptors (Lipinski definition) is 2. The lowest BCUT2D eigenvalue weighted by Crippen LogP contribution is -2.10. The summed E-state index contributed by atoms with van der Waals surface area (Å²) >= 11 is 0. The lowest BCUT2D eigenvalue weighted by Gasteiger charge is -2.15. The topological polar surface area (TPSA) is 43.1 Å². The first-order valence-electron chi connectivity index (χ1n) is 7.11. The summed E-state index contributed by atoms with van der Waals surface area (Å²) in [6.45, 7) is 4.16. The summed E-state index contributed by atoms with van der Waals surface area (Å²) in [5.74, 6) is 0.567. The minimum Gasteiger partial charge on any atom is -0.398 e. The minimum absolute atomic E-state index is 0.0610. The van der Waals surface area contributed by atoms with Crippen LogP contribution in [0, 0.1) is 19.8 Å². The largest absolute Gasteiger partial charge is 0.398 e. The molecule has 0 aromatic heterocycles. The van der Waals surface area contributed by atoms with E-state index in [1.54, 1.807) is 0 Å². The number of Topliss-reactive ketones (excluding diaryl/α,β-unsaturated/α-hetero) is 1. The maximum atomic E-state index is 12.6. The van der Waals surface area contributed by atoms with Crippen molar-refractivity contribution < 1.29 is 4.79 Å². The van der Waals surface area contributed by atoms with Crippen molar-refractivity contribution in [2.24, 2.45) is 5.92 Å². The van der Waals surface area contributed by atoms with Gasteiger partial charge in [-0.3, -0.25) is 4.79 Å². The van der Waals surface area contributed by atoms with E-state index < -0.39 is 0 Å². The van der Waals surface area contributed by atoms with Crippen LogP contribution in [0.5, 0.6) is 0 Å². The summed E-state index contributed by atoms with van der Waals surface area (Å²) in [4.78, 5) is 12.6. The highest BCUT2D eigenvalue weighted by molar-refractivity contribution is 6.05. The van der Waals surface area contributed by atoms with Crippen LogP contribution in [0.4, 0.5) is 5.69 Å². The molecule has 0 radical (unpaired) electrons.